The van der Waals surface area contributed by atoms with Crippen molar-refractivity contribution in [3.8, 4) is 0 Å². The molecule has 1 atom stereocenters. The van der Waals surface area contributed by atoms with Gasteiger partial charge in [-0.1, -0.05) is 35.4 Å². The molecule has 33 heavy (non-hydrogen) atoms. The summed E-state index contributed by atoms with van der Waals surface area (Å²) in [4.78, 5) is -0.231. The highest BCUT2D eigenvalue weighted by Crippen LogP contribution is 2.37. The lowest BCUT2D eigenvalue weighted by molar-refractivity contribution is 0.481. The molecule has 0 radical (unpaired) electrons. The van der Waals surface area contributed by atoms with E-state index >= 15 is 0 Å². The number of hydrogen-bond donors (Lipinski definition) is 1. The average Bonchev–Trinajstić information content (AvgIpc) is 2.69. The van der Waals surface area contributed by atoms with Gasteiger partial charge in [0.2, 0.25) is 0 Å². The Morgan fingerprint density at radius 2 is 1.61 bits per heavy atom. The largest absolute Gasteiger partial charge is 0.285 e. The lowest BCUT2D eigenvalue weighted by Crippen LogP contribution is -2.35. The van der Waals surface area contributed by atoms with Crippen LogP contribution in [0.1, 0.15) is 29.7 Å². The molecule has 6 nitrogen and oxygen atoms in total. The Balaban J connectivity index is 2.27. The van der Waals surface area contributed by atoms with Gasteiger partial charge in [-0.15, -0.1) is 0 Å². The first-order valence-electron chi connectivity index (χ1n) is 9.59. The van der Waals surface area contributed by atoms with Gasteiger partial charge >= 0.3 is 0 Å². The van der Waals surface area contributed by atoms with Crippen molar-refractivity contribution in [1.29, 1.82) is 0 Å². The zero-order valence-electron chi connectivity index (χ0n) is 17.5. The second-order valence-corrected chi connectivity index (χ2v) is 11.2. The van der Waals surface area contributed by atoms with Crippen LogP contribution < -0.4 is 4.31 Å². The van der Waals surface area contributed by atoms with Crippen LogP contribution in [0.5, 0.6) is 0 Å². The standard InChI is InChI=1S/C22H20ClF2NO5S2/c1-14-3-9-20(16(11-14)13-32(27,28)29)15(2)26(22-12-18(24)6-10-21(22)25)33(30,31)19-7-4-17(23)5-8-19/h3-12,15H,13H2,1-2H3,(H,27,28,29). The number of nitrogens with zero attached hydrogens (tertiary/aromatic N) is 1. The summed E-state index contributed by atoms with van der Waals surface area (Å²) >= 11 is 5.86. The minimum Gasteiger partial charge on any atom is -0.285 e. The molecule has 176 valence electrons. The fourth-order valence-corrected chi connectivity index (χ4v) is 5.92. The maximum atomic E-state index is 14.8. The van der Waals surface area contributed by atoms with E-state index < -0.39 is 49.3 Å². The number of anilines is 1. The number of halogens is 3. The number of aryl methyl sites for hydroxylation is 1. The monoisotopic (exact) mass is 515 g/mol. The Bertz CT molecular complexity index is 1390. The maximum Gasteiger partial charge on any atom is 0.269 e. The zero-order chi connectivity index (χ0) is 24.6. The molecule has 0 bridgehead atoms. The van der Waals surface area contributed by atoms with Crippen LogP contribution in [0.2, 0.25) is 5.02 Å². The number of rotatable bonds is 7. The van der Waals surface area contributed by atoms with E-state index in [9.17, 15) is 30.2 Å². The van der Waals surface area contributed by atoms with Crippen LogP contribution in [0.4, 0.5) is 14.5 Å². The van der Waals surface area contributed by atoms with Crippen LogP contribution in [0.15, 0.2) is 65.6 Å². The highest BCUT2D eigenvalue weighted by atomic mass is 35.5. The minimum atomic E-state index is -4.47. The van der Waals surface area contributed by atoms with Crippen LogP contribution in [-0.2, 0) is 25.9 Å². The van der Waals surface area contributed by atoms with Crippen molar-refractivity contribution in [3.05, 3.63) is 94.0 Å². The van der Waals surface area contributed by atoms with Gasteiger partial charge in [0, 0.05) is 11.1 Å². The third-order valence-corrected chi connectivity index (χ3v) is 7.78. The molecule has 0 spiro atoms. The van der Waals surface area contributed by atoms with E-state index in [1.54, 1.807) is 13.0 Å². The minimum absolute atomic E-state index is 0.123. The number of hydrogen-bond acceptors (Lipinski definition) is 4. The second kappa shape index (κ2) is 9.38. The van der Waals surface area contributed by atoms with E-state index in [1.807, 2.05) is 0 Å². The normalized spacial score (nSPS) is 13.0. The van der Waals surface area contributed by atoms with E-state index in [4.69, 9.17) is 11.6 Å². The van der Waals surface area contributed by atoms with Crippen LogP contribution in [0.25, 0.3) is 0 Å². The second-order valence-electron chi connectivity index (χ2n) is 7.46. The average molecular weight is 516 g/mol. The lowest BCUT2D eigenvalue weighted by Gasteiger charge is -2.32. The Kier molecular flexibility index (Phi) is 7.13. The van der Waals surface area contributed by atoms with Crippen molar-refractivity contribution in [3.63, 3.8) is 0 Å². The molecule has 0 saturated carbocycles. The third kappa shape index (κ3) is 5.70. The molecule has 3 aromatic rings. The Labute approximate surface area is 196 Å². The van der Waals surface area contributed by atoms with E-state index in [1.165, 1.54) is 43.3 Å². The third-order valence-electron chi connectivity index (χ3n) is 4.95. The highest BCUT2D eigenvalue weighted by Gasteiger charge is 2.34. The van der Waals surface area contributed by atoms with Crippen LogP contribution in [0.3, 0.4) is 0 Å². The molecule has 0 aliphatic rings. The highest BCUT2D eigenvalue weighted by molar-refractivity contribution is 7.92. The molecule has 1 N–H and O–H groups in total. The maximum absolute atomic E-state index is 14.8. The first kappa shape index (κ1) is 25.1. The molecule has 0 aromatic heterocycles. The van der Waals surface area contributed by atoms with Crippen LogP contribution >= 0.6 is 11.6 Å². The Hall–Kier alpha value is -2.53. The molecule has 0 amide bonds. The van der Waals surface area contributed by atoms with Crippen molar-refractivity contribution in [2.45, 2.75) is 30.5 Å². The summed E-state index contributed by atoms with van der Waals surface area (Å²) in [7, 11) is -8.94. The Morgan fingerprint density at radius 3 is 2.21 bits per heavy atom. The van der Waals surface area contributed by atoms with Gasteiger partial charge in [0.25, 0.3) is 20.1 Å². The molecule has 0 aliphatic heterocycles. The summed E-state index contributed by atoms with van der Waals surface area (Å²) in [6, 6.07) is 10.9. The van der Waals surface area contributed by atoms with Crippen molar-refractivity contribution < 1.29 is 30.2 Å². The van der Waals surface area contributed by atoms with Crippen molar-refractivity contribution in [1.82, 2.24) is 0 Å². The quantitative estimate of drug-likeness (QED) is 0.433. The van der Waals surface area contributed by atoms with Gasteiger partial charge in [0.15, 0.2) is 0 Å². The van der Waals surface area contributed by atoms with E-state index in [2.05, 4.69) is 0 Å². The molecule has 11 heteroatoms. The zero-order valence-corrected chi connectivity index (χ0v) is 19.9. The predicted molar refractivity (Wildman–Crippen MR) is 122 cm³/mol. The fourth-order valence-electron chi connectivity index (χ4n) is 3.51. The molecule has 3 rings (SSSR count). The summed E-state index contributed by atoms with van der Waals surface area (Å²) in [6.07, 6.45) is 0. The van der Waals surface area contributed by atoms with Gasteiger partial charge in [-0.3, -0.25) is 8.86 Å². The molecule has 1 unspecified atom stereocenters. The summed E-state index contributed by atoms with van der Waals surface area (Å²) in [5, 5.41) is 0.277. The van der Waals surface area contributed by atoms with E-state index in [0.717, 1.165) is 18.2 Å². The van der Waals surface area contributed by atoms with Gasteiger partial charge in [-0.25, -0.2) is 17.2 Å². The smallest absolute Gasteiger partial charge is 0.269 e. The lowest BCUT2D eigenvalue weighted by atomic mass is 10.00. The van der Waals surface area contributed by atoms with Gasteiger partial charge in [-0.05, 0) is 61.4 Å². The van der Waals surface area contributed by atoms with Gasteiger partial charge in [0.1, 0.15) is 17.4 Å². The SMILES string of the molecule is Cc1ccc(C(C)N(c2cc(F)ccc2F)S(=O)(=O)c2ccc(Cl)cc2)c(CS(=O)(=O)O)c1. The van der Waals surface area contributed by atoms with Crippen LogP contribution in [0, 0.1) is 18.6 Å². The first-order chi connectivity index (χ1) is 15.3. The molecule has 0 saturated heterocycles. The van der Waals surface area contributed by atoms with Crippen LogP contribution in [-0.4, -0.2) is 21.4 Å². The van der Waals surface area contributed by atoms with Gasteiger partial charge in [0.05, 0.1) is 16.6 Å². The van der Waals surface area contributed by atoms with E-state index in [-0.39, 0.29) is 21.0 Å². The summed E-state index contributed by atoms with van der Waals surface area (Å²) in [6.45, 7) is 3.10. The molecule has 0 fully saturated rings. The van der Waals surface area contributed by atoms with Crippen molar-refractivity contribution in [2.24, 2.45) is 0 Å². The molecule has 0 aliphatic carbocycles. The summed E-state index contributed by atoms with van der Waals surface area (Å²) in [5.41, 5.74) is 0.419. The van der Waals surface area contributed by atoms with Crippen molar-refractivity contribution >= 4 is 37.4 Å². The topological polar surface area (TPSA) is 91.8 Å². The molecule has 0 heterocycles. The summed E-state index contributed by atoms with van der Waals surface area (Å²) < 4.78 is 89.3. The molecule has 3 aromatic carbocycles. The number of benzene rings is 3. The van der Waals surface area contributed by atoms with E-state index in [0.29, 0.717) is 9.87 Å². The Morgan fingerprint density at radius 1 is 0.970 bits per heavy atom. The fraction of sp³-hybridized carbons (Fsp3) is 0.182. The van der Waals surface area contributed by atoms with Crippen molar-refractivity contribution in [2.75, 3.05) is 4.31 Å². The summed E-state index contributed by atoms with van der Waals surface area (Å²) in [5.74, 6) is -2.64. The predicted octanol–water partition coefficient (Wildman–Crippen LogP) is 5.27. The van der Waals surface area contributed by atoms with Gasteiger partial charge < -0.3 is 0 Å². The molecular formula is C22H20ClF2NO5S2. The first-order valence-corrected chi connectivity index (χ1v) is 13.0. The van der Waals surface area contributed by atoms with Gasteiger partial charge in [-0.2, -0.15) is 8.42 Å². The molecular weight excluding hydrogens is 496 g/mol. The number of sulfonamides is 1.